The molecule has 12 nitrogen and oxygen atoms in total. The van der Waals surface area contributed by atoms with Crippen LogP contribution in [-0.2, 0) is 9.63 Å². The smallest absolute Gasteiger partial charge is 0.339 e. The fourth-order valence-corrected chi connectivity index (χ4v) is 2.56. The normalized spacial score (nSPS) is 10.8. The third kappa shape index (κ3) is 6.62. The number of non-ortho nitro benzene ring substituents is 2. The van der Waals surface area contributed by atoms with Crippen LogP contribution >= 0.6 is 0 Å². The standard InChI is InChI=1S/C22H15N5O7/c28-21(11-6-15-4-2-1-3-5-15)34-25-18-9-7-17(8-10-18)23-24-22(29)16-12-19(26(30)31)14-20(13-16)27(32)33/h1-14,25H/b11-6+,24-23?. The summed E-state index contributed by atoms with van der Waals surface area (Å²) in [4.78, 5) is 49.1. The maximum absolute atomic E-state index is 12.2. The van der Waals surface area contributed by atoms with E-state index in [2.05, 4.69) is 15.7 Å². The molecule has 0 spiro atoms. The van der Waals surface area contributed by atoms with Gasteiger partial charge in [0.05, 0.1) is 32.9 Å². The minimum Gasteiger partial charge on any atom is -0.339 e. The van der Waals surface area contributed by atoms with Crippen molar-refractivity contribution in [3.8, 4) is 0 Å². The van der Waals surface area contributed by atoms with Crippen LogP contribution in [0.2, 0.25) is 0 Å². The molecule has 0 radical (unpaired) electrons. The van der Waals surface area contributed by atoms with Crippen LogP contribution in [0.4, 0.5) is 22.7 Å². The largest absolute Gasteiger partial charge is 0.355 e. The number of rotatable bonds is 8. The molecular formula is C22H15N5O7. The number of hydrogen-bond donors (Lipinski definition) is 1. The van der Waals surface area contributed by atoms with Crippen molar-refractivity contribution in [3.05, 3.63) is 110 Å². The molecule has 3 aromatic carbocycles. The van der Waals surface area contributed by atoms with Gasteiger partial charge in [-0.05, 0) is 35.9 Å². The highest BCUT2D eigenvalue weighted by Crippen LogP contribution is 2.24. The van der Waals surface area contributed by atoms with Gasteiger partial charge in [-0.2, -0.15) is 0 Å². The van der Waals surface area contributed by atoms with Crippen LogP contribution in [-0.4, -0.2) is 21.7 Å². The van der Waals surface area contributed by atoms with E-state index in [1.54, 1.807) is 6.08 Å². The number of azo groups is 1. The molecule has 0 aliphatic heterocycles. The van der Waals surface area contributed by atoms with E-state index in [9.17, 15) is 29.8 Å². The van der Waals surface area contributed by atoms with Gasteiger partial charge in [-0.25, -0.2) is 10.3 Å². The molecule has 0 aliphatic rings. The van der Waals surface area contributed by atoms with E-state index in [-0.39, 0.29) is 11.3 Å². The van der Waals surface area contributed by atoms with Crippen molar-refractivity contribution < 1.29 is 24.3 Å². The van der Waals surface area contributed by atoms with E-state index in [4.69, 9.17) is 4.84 Å². The lowest BCUT2D eigenvalue weighted by Gasteiger charge is -2.04. The van der Waals surface area contributed by atoms with Crippen molar-refractivity contribution in [2.24, 2.45) is 10.2 Å². The quantitative estimate of drug-likeness (QED) is 0.211. The highest BCUT2D eigenvalue weighted by molar-refractivity contribution is 5.96. The molecule has 3 aromatic rings. The maximum Gasteiger partial charge on any atom is 0.355 e. The first-order valence-corrected chi connectivity index (χ1v) is 9.52. The summed E-state index contributed by atoms with van der Waals surface area (Å²) in [5.41, 5.74) is 2.39. The number of anilines is 1. The van der Waals surface area contributed by atoms with Crippen LogP contribution in [0.15, 0.2) is 89.1 Å². The van der Waals surface area contributed by atoms with Gasteiger partial charge < -0.3 is 4.84 Å². The molecule has 170 valence electrons. The Morgan fingerprint density at radius 2 is 1.50 bits per heavy atom. The van der Waals surface area contributed by atoms with Crippen molar-refractivity contribution in [2.75, 3.05) is 5.48 Å². The van der Waals surface area contributed by atoms with Gasteiger partial charge in [-0.3, -0.25) is 25.0 Å². The Kier molecular flexibility index (Phi) is 7.47. The van der Waals surface area contributed by atoms with E-state index < -0.39 is 33.1 Å². The molecule has 1 amide bonds. The van der Waals surface area contributed by atoms with Crippen molar-refractivity contribution in [2.45, 2.75) is 0 Å². The molecule has 1 N–H and O–H groups in total. The highest BCUT2D eigenvalue weighted by Gasteiger charge is 2.19. The number of nitrogens with one attached hydrogen (secondary N) is 1. The summed E-state index contributed by atoms with van der Waals surface area (Å²) in [5, 5.41) is 29.0. The number of carbonyl (C=O) groups excluding carboxylic acids is 2. The number of nitro groups is 2. The molecule has 34 heavy (non-hydrogen) atoms. The number of nitro benzene ring substituents is 2. The summed E-state index contributed by atoms with van der Waals surface area (Å²) < 4.78 is 0. The van der Waals surface area contributed by atoms with E-state index in [0.29, 0.717) is 5.69 Å². The molecule has 0 fully saturated rings. The summed E-state index contributed by atoms with van der Waals surface area (Å²) in [6.07, 6.45) is 2.86. The summed E-state index contributed by atoms with van der Waals surface area (Å²) >= 11 is 0. The van der Waals surface area contributed by atoms with Crippen LogP contribution in [0.1, 0.15) is 15.9 Å². The van der Waals surface area contributed by atoms with Crippen molar-refractivity contribution in [1.82, 2.24) is 0 Å². The summed E-state index contributed by atoms with van der Waals surface area (Å²) in [6.45, 7) is 0. The van der Waals surface area contributed by atoms with Crippen molar-refractivity contribution in [1.29, 1.82) is 0 Å². The van der Waals surface area contributed by atoms with Crippen LogP contribution in [0.25, 0.3) is 6.08 Å². The van der Waals surface area contributed by atoms with E-state index in [1.807, 2.05) is 30.3 Å². The number of hydrogen-bond acceptors (Lipinski definition) is 9. The maximum atomic E-state index is 12.2. The Labute approximate surface area is 191 Å². The second-order valence-electron chi connectivity index (χ2n) is 6.57. The molecule has 0 aromatic heterocycles. The topological polar surface area (TPSA) is 166 Å². The lowest BCUT2D eigenvalue weighted by molar-refractivity contribution is -0.394. The second-order valence-corrected chi connectivity index (χ2v) is 6.57. The van der Waals surface area contributed by atoms with Crippen molar-refractivity contribution >= 4 is 40.7 Å². The van der Waals surface area contributed by atoms with E-state index >= 15 is 0 Å². The number of carbonyl (C=O) groups is 2. The van der Waals surface area contributed by atoms with Gasteiger partial charge in [0, 0.05) is 18.2 Å². The third-order valence-electron chi connectivity index (χ3n) is 4.18. The van der Waals surface area contributed by atoms with Crippen LogP contribution in [0, 0.1) is 20.2 Å². The van der Waals surface area contributed by atoms with Gasteiger partial charge in [0.2, 0.25) is 0 Å². The Morgan fingerprint density at radius 3 is 2.09 bits per heavy atom. The summed E-state index contributed by atoms with van der Waals surface area (Å²) in [7, 11) is 0. The lowest BCUT2D eigenvalue weighted by Crippen LogP contribution is -2.07. The first kappa shape index (κ1) is 23.4. The van der Waals surface area contributed by atoms with Crippen molar-refractivity contribution in [3.63, 3.8) is 0 Å². The first-order valence-electron chi connectivity index (χ1n) is 9.52. The minimum atomic E-state index is -0.992. The summed E-state index contributed by atoms with van der Waals surface area (Å²) in [6, 6.07) is 17.6. The molecule has 0 aliphatic carbocycles. The number of benzene rings is 3. The Hall–Kier alpha value is -5.26. The fourth-order valence-electron chi connectivity index (χ4n) is 2.56. The minimum absolute atomic E-state index is 0.245. The van der Waals surface area contributed by atoms with Gasteiger partial charge in [0.15, 0.2) is 0 Å². The predicted octanol–water partition coefficient (Wildman–Crippen LogP) is 5.01. The van der Waals surface area contributed by atoms with E-state index in [1.165, 1.54) is 30.3 Å². The average molecular weight is 461 g/mol. The predicted molar refractivity (Wildman–Crippen MR) is 120 cm³/mol. The second kappa shape index (κ2) is 10.9. The van der Waals surface area contributed by atoms with E-state index in [0.717, 1.165) is 23.8 Å². The van der Waals surface area contributed by atoms with Crippen LogP contribution < -0.4 is 5.48 Å². The first-order chi connectivity index (χ1) is 16.3. The fraction of sp³-hybridized carbons (Fsp3) is 0. The SMILES string of the molecule is O=C(/C=C/c1ccccc1)ONc1ccc(N=NC(=O)c2cc([N+](=O)[O-])cc([N+](=O)[O-])c2)cc1. The van der Waals surface area contributed by atoms with Gasteiger partial charge in [0.25, 0.3) is 17.3 Å². The molecule has 3 rings (SSSR count). The monoisotopic (exact) mass is 461 g/mol. The third-order valence-corrected chi connectivity index (χ3v) is 4.18. The molecule has 0 unspecified atom stereocenters. The Balaban J connectivity index is 1.60. The zero-order valence-electron chi connectivity index (χ0n) is 17.2. The molecule has 0 saturated carbocycles. The highest BCUT2D eigenvalue weighted by atomic mass is 16.7. The van der Waals surface area contributed by atoms with Gasteiger partial charge in [-0.15, -0.1) is 10.2 Å². The Morgan fingerprint density at radius 1 is 0.882 bits per heavy atom. The zero-order valence-corrected chi connectivity index (χ0v) is 17.2. The number of nitrogens with zero attached hydrogens (tertiary/aromatic N) is 4. The van der Waals surface area contributed by atoms with Crippen LogP contribution in [0.3, 0.4) is 0 Å². The van der Waals surface area contributed by atoms with Gasteiger partial charge in [0.1, 0.15) is 0 Å². The average Bonchev–Trinajstić information content (AvgIpc) is 2.85. The molecule has 12 heteroatoms. The number of amides is 1. The molecule has 0 saturated heterocycles. The summed E-state index contributed by atoms with van der Waals surface area (Å²) in [5.74, 6) is -1.61. The van der Waals surface area contributed by atoms with Gasteiger partial charge >= 0.3 is 5.97 Å². The lowest BCUT2D eigenvalue weighted by atomic mass is 10.1. The molecular weight excluding hydrogens is 446 g/mol. The molecule has 0 atom stereocenters. The molecule has 0 bridgehead atoms. The Bertz CT molecular complexity index is 1260. The molecule has 0 heterocycles. The zero-order chi connectivity index (χ0) is 24.5. The van der Waals surface area contributed by atoms with Gasteiger partial charge in [-0.1, -0.05) is 30.3 Å². The van der Waals surface area contributed by atoms with Crippen LogP contribution in [0.5, 0.6) is 0 Å².